The van der Waals surface area contributed by atoms with Crippen LogP contribution in [0.15, 0.2) is 12.4 Å². The van der Waals surface area contributed by atoms with E-state index in [4.69, 9.17) is 12.2 Å². The van der Waals surface area contributed by atoms with Gasteiger partial charge in [-0.2, -0.15) is 0 Å². The lowest BCUT2D eigenvalue weighted by Gasteiger charge is -2.20. The first-order valence-corrected chi connectivity index (χ1v) is 4.17. The van der Waals surface area contributed by atoms with Crippen molar-refractivity contribution in [3.05, 3.63) is 23.5 Å². The molecule has 1 heterocycles. The van der Waals surface area contributed by atoms with Crippen LogP contribution in [-0.2, 0) is 5.41 Å². The van der Waals surface area contributed by atoms with Gasteiger partial charge >= 0.3 is 0 Å². The second-order valence-electron chi connectivity index (χ2n) is 4.04. The quantitative estimate of drug-likeness (QED) is 0.610. The van der Waals surface area contributed by atoms with Crippen molar-refractivity contribution >= 4 is 5.69 Å². The van der Waals surface area contributed by atoms with Crippen LogP contribution < -0.4 is 5.73 Å². The highest BCUT2D eigenvalue weighted by atomic mass is 14.7. The zero-order valence-corrected chi connectivity index (χ0v) is 8.26. The predicted octanol–water partition coefficient (Wildman–Crippen LogP) is 1.94. The molecule has 2 nitrogen and oxygen atoms in total. The van der Waals surface area contributed by atoms with Crippen molar-refractivity contribution in [2.45, 2.75) is 26.2 Å². The van der Waals surface area contributed by atoms with Crippen LogP contribution in [0.4, 0.5) is 5.69 Å². The van der Waals surface area contributed by atoms with Gasteiger partial charge in [-0.1, -0.05) is 26.7 Å². The average Bonchev–Trinajstić information content (AvgIpc) is 2.02. The molecule has 0 aliphatic carbocycles. The van der Waals surface area contributed by atoms with Crippen LogP contribution >= 0.6 is 0 Å². The Kier molecular flexibility index (Phi) is 2.29. The van der Waals surface area contributed by atoms with Crippen molar-refractivity contribution in [2.75, 3.05) is 5.73 Å². The van der Waals surface area contributed by atoms with Crippen molar-refractivity contribution in [3.63, 3.8) is 0 Å². The SMILES string of the molecule is C#Cc1cncc(C(C)(C)C)c1N. The molecule has 1 aromatic rings. The van der Waals surface area contributed by atoms with Gasteiger partial charge in [0.2, 0.25) is 0 Å². The topological polar surface area (TPSA) is 38.9 Å². The van der Waals surface area contributed by atoms with Gasteiger partial charge in [-0.15, -0.1) is 6.42 Å². The van der Waals surface area contributed by atoms with Crippen molar-refractivity contribution in [3.8, 4) is 12.3 Å². The highest BCUT2D eigenvalue weighted by Crippen LogP contribution is 2.28. The fourth-order valence-electron chi connectivity index (χ4n) is 1.18. The molecule has 0 bridgehead atoms. The summed E-state index contributed by atoms with van der Waals surface area (Å²) in [6.07, 6.45) is 8.68. The normalized spacial score (nSPS) is 10.9. The Morgan fingerprint density at radius 3 is 2.46 bits per heavy atom. The van der Waals surface area contributed by atoms with Crippen LogP contribution in [0, 0.1) is 12.3 Å². The first-order valence-electron chi connectivity index (χ1n) is 4.17. The number of aromatic nitrogens is 1. The summed E-state index contributed by atoms with van der Waals surface area (Å²) in [6, 6.07) is 0. The molecule has 13 heavy (non-hydrogen) atoms. The number of pyridine rings is 1. The Labute approximate surface area is 79.2 Å². The Morgan fingerprint density at radius 1 is 1.38 bits per heavy atom. The van der Waals surface area contributed by atoms with E-state index in [2.05, 4.69) is 31.7 Å². The molecule has 0 fully saturated rings. The summed E-state index contributed by atoms with van der Waals surface area (Å²) in [6.45, 7) is 6.25. The maximum Gasteiger partial charge on any atom is 0.0658 e. The molecular weight excluding hydrogens is 160 g/mol. The summed E-state index contributed by atoms with van der Waals surface area (Å²) in [5.41, 5.74) is 8.24. The first kappa shape index (κ1) is 9.60. The average molecular weight is 174 g/mol. The number of hydrogen-bond acceptors (Lipinski definition) is 2. The van der Waals surface area contributed by atoms with Crippen molar-refractivity contribution < 1.29 is 0 Å². The van der Waals surface area contributed by atoms with Gasteiger partial charge < -0.3 is 5.73 Å². The van der Waals surface area contributed by atoms with Crippen LogP contribution in [0.2, 0.25) is 0 Å². The smallest absolute Gasteiger partial charge is 0.0658 e. The molecule has 0 spiro atoms. The van der Waals surface area contributed by atoms with Crippen molar-refractivity contribution in [1.82, 2.24) is 4.98 Å². The zero-order valence-electron chi connectivity index (χ0n) is 8.26. The summed E-state index contributed by atoms with van der Waals surface area (Å²) < 4.78 is 0. The molecule has 0 saturated carbocycles. The van der Waals surface area contributed by atoms with Gasteiger partial charge in [0.15, 0.2) is 0 Å². The van der Waals surface area contributed by atoms with Crippen LogP contribution in [0.5, 0.6) is 0 Å². The molecule has 1 rings (SSSR count). The van der Waals surface area contributed by atoms with E-state index < -0.39 is 0 Å². The Morgan fingerprint density at radius 2 is 2.00 bits per heavy atom. The molecule has 0 aliphatic rings. The fourth-order valence-corrected chi connectivity index (χ4v) is 1.18. The predicted molar refractivity (Wildman–Crippen MR) is 55.3 cm³/mol. The van der Waals surface area contributed by atoms with Gasteiger partial charge in [0.1, 0.15) is 0 Å². The maximum absolute atomic E-state index is 5.90. The van der Waals surface area contributed by atoms with Gasteiger partial charge in [0, 0.05) is 12.4 Å². The Hall–Kier alpha value is -1.49. The van der Waals surface area contributed by atoms with E-state index in [9.17, 15) is 0 Å². The third-order valence-corrected chi connectivity index (χ3v) is 1.95. The van der Waals surface area contributed by atoms with E-state index in [1.165, 1.54) is 0 Å². The van der Waals surface area contributed by atoms with E-state index in [1.54, 1.807) is 12.4 Å². The van der Waals surface area contributed by atoms with Gasteiger partial charge in [0.05, 0.1) is 11.3 Å². The molecule has 68 valence electrons. The number of nitrogen functional groups attached to an aromatic ring is 1. The second kappa shape index (κ2) is 3.10. The van der Waals surface area contributed by atoms with Crippen molar-refractivity contribution in [1.29, 1.82) is 0 Å². The van der Waals surface area contributed by atoms with Crippen molar-refractivity contribution in [2.24, 2.45) is 0 Å². The molecule has 0 amide bonds. The minimum absolute atomic E-state index is 0.00998. The monoisotopic (exact) mass is 174 g/mol. The number of terminal acetylenes is 1. The lowest BCUT2D eigenvalue weighted by molar-refractivity contribution is 0.589. The summed E-state index contributed by atoms with van der Waals surface area (Å²) >= 11 is 0. The minimum atomic E-state index is -0.00998. The summed E-state index contributed by atoms with van der Waals surface area (Å²) in [4.78, 5) is 4.06. The first-order chi connectivity index (χ1) is 5.96. The van der Waals surface area contributed by atoms with E-state index in [0.29, 0.717) is 11.3 Å². The highest BCUT2D eigenvalue weighted by Gasteiger charge is 2.18. The molecule has 0 aromatic carbocycles. The lowest BCUT2D eigenvalue weighted by Crippen LogP contribution is -2.15. The van der Waals surface area contributed by atoms with E-state index >= 15 is 0 Å². The molecule has 0 radical (unpaired) electrons. The summed E-state index contributed by atoms with van der Waals surface area (Å²) in [7, 11) is 0. The van der Waals surface area contributed by atoms with Gasteiger partial charge in [-0.05, 0) is 11.0 Å². The Balaban J connectivity index is 3.34. The summed E-state index contributed by atoms with van der Waals surface area (Å²) in [5, 5.41) is 0. The highest BCUT2D eigenvalue weighted by molar-refractivity contribution is 5.60. The zero-order chi connectivity index (χ0) is 10.1. The molecule has 0 unspecified atom stereocenters. The molecule has 2 heteroatoms. The maximum atomic E-state index is 5.90. The molecule has 1 aromatic heterocycles. The van der Waals surface area contributed by atoms with E-state index in [0.717, 1.165) is 5.56 Å². The number of nitrogens with two attached hydrogens (primary N) is 1. The minimum Gasteiger partial charge on any atom is -0.397 e. The van der Waals surface area contributed by atoms with E-state index in [-0.39, 0.29) is 5.41 Å². The van der Waals surface area contributed by atoms with E-state index in [1.807, 2.05) is 0 Å². The van der Waals surface area contributed by atoms with Crippen LogP contribution in [-0.4, -0.2) is 4.98 Å². The number of nitrogens with zero attached hydrogens (tertiary/aromatic N) is 1. The van der Waals surface area contributed by atoms with Crippen LogP contribution in [0.25, 0.3) is 0 Å². The standard InChI is InChI=1S/C11H14N2/c1-5-8-6-13-7-9(10(8)12)11(2,3)4/h1,6-7H,2-4H3,(H2,12,13). The molecule has 0 atom stereocenters. The number of anilines is 1. The number of rotatable bonds is 0. The molecule has 2 N–H and O–H groups in total. The van der Waals surface area contributed by atoms with Gasteiger partial charge in [0.25, 0.3) is 0 Å². The van der Waals surface area contributed by atoms with Crippen LogP contribution in [0.3, 0.4) is 0 Å². The third-order valence-electron chi connectivity index (χ3n) is 1.95. The summed E-state index contributed by atoms with van der Waals surface area (Å²) in [5.74, 6) is 2.52. The van der Waals surface area contributed by atoms with Crippen LogP contribution in [0.1, 0.15) is 31.9 Å². The molecule has 0 aliphatic heterocycles. The number of hydrogen-bond donors (Lipinski definition) is 1. The van der Waals surface area contributed by atoms with Gasteiger partial charge in [-0.25, -0.2) is 0 Å². The Bertz CT molecular complexity index is 353. The second-order valence-corrected chi connectivity index (χ2v) is 4.04. The molecular formula is C11H14N2. The molecule has 0 saturated heterocycles. The third kappa shape index (κ3) is 1.81. The lowest BCUT2D eigenvalue weighted by atomic mass is 9.86. The fraction of sp³-hybridized carbons (Fsp3) is 0.364. The largest absolute Gasteiger partial charge is 0.397 e. The van der Waals surface area contributed by atoms with Gasteiger partial charge in [-0.3, -0.25) is 4.98 Å².